The molecule has 1 heterocycles. The molecule has 1 saturated heterocycles. The molecule has 17 heavy (non-hydrogen) atoms. The van der Waals surface area contributed by atoms with E-state index in [0.29, 0.717) is 6.04 Å². The molecule has 1 aliphatic rings. The molecule has 1 fully saturated rings. The number of likely N-dealkylation sites (N-methyl/N-ethyl adjacent to an activating group) is 1. The van der Waals surface area contributed by atoms with E-state index in [9.17, 15) is 0 Å². The third-order valence-corrected chi connectivity index (χ3v) is 3.13. The second kappa shape index (κ2) is 5.65. The summed E-state index contributed by atoms with van der Waals surface area (Å²) in [6.45, 7) is 11.7. The standard InChI is InChI=1S/C13H28N2O2/c1-12(2)9-15(10-13(3,4)17-12)8-11(14-5)6-7-16/h11,14,16H,6-10H2,1-5H3. The minimum Gasteiger partial charge on any atom is -0.396 e. The predicted molar refractivity (Wildman–Crippen MR) is 70.2 cm³/mol. The lowest BCUT2D eigenvalue weighted by Crippen LogP contribution is -2.59. The first-order valence-corrected chi connectivity index (χ1v) is 6.49. The van der Waals surface area contributed by atoms with E-state index in [-0.39, 0.29) is 17.8 Å². The number of aliphatic hydroxyl groups is 1. The Hall–Kier alpha value is -0.160. The van der Waals surface area contributed by atoms with Crippen molar-refractivity contribution in [1.29, 1.82) is 0 Å². The molecular formula is C13H28N2O2. The molecule has 0 spiro atoms. The first-order chi connectivity index (χ1) is 7.78. The molecule has 0 aromatic rings. The van der Waals surface area contributed by atoms with Crippen molar-refractivity contribution >= 4 is 0 Å². The van der Waals surface area contributed by atoms with Crippen LogP contribution in [0.2, 0.25) is 0 Å². The lowest BCUT2D eigenvalue weighted by molar-refractivity contribution is -0.181. The normalized spacial score (nSPS) is 25.8. The van der Waals surface area contributed by atoms with E-state index in [0.717, 1.165) is 26.1 Å². The molecule has 0 aromatic carbocycles. The molecular weight excluding hydrogens is 216 g/mol. The van der Waals surface area contributed by atoms with Gasteiger partial charge in [-0.05, 0) is 41.2 Å². The first kappa shape index (κ1) is 14.9. The zero-order valence-corrected chi connectivity index (χ0v) is 11.9. The largest absolute Gasteiger partial charge is 0.396 e. The number of morpholine rings is 1. The zero-order chi connectivity index (χ0) is 13.1. The molecule has 1 atom stereocenters. The SMILES string of the molecule is CNC(CCO)CN1CC(C)(C)OC(C)(C)C1. The fourth-order valence-corrected chi connectivity index (χ4v) is 2.87. The summed E-state index contributed by atoms with van der Waals surface area (Å²) < 4.78 is 6.06. The first-order valence-electron chi connectivity index (χ1n) is 6.49. The fraction of sp³-hybridized carbons (Fsp3) is 1.00. The van der Waals surface area contributed by atoms with Crippen LogP contribution in [0.1, 0.15) is 34.1 Å². The maximum absolute atomic E-state index is 9.02. The molecule has 1 rings (SSSR count). The molecule has 4 heteroatoms. The predicted octanol–water partition coefficient (Wildman–Crippen LogP) is 0.846. The van der Waals surface area contributed by atoms with Crippen molar-refractivity contribution in [2.24, 2.45) is 0 Å². The lowest BCUT2D eigenvalue weighted by atomic mass is 9.98. The van der Waals surface area contributed by atoms with Gasteiger partial charge in [-0.1, -0.05) is 0 Å². The number of rotatable bonds is 5. The van der Waals surface area contributed by atoms with Crippen LogP contribution in [0.5, 0.6) is 0 Å². The van der Waals surface area contributed by atoms with E-state index in [4.69, 9.17) is 9.84 Å². The average Bonchev–Trinajstić information content (AvgIpc) is 2.11. The third kappa shape index (κ3) is 4.92. The maximum atomic E-state index is 9.02. The summed E-state index contributed by atoms with van der Waals surface area (Å²) in [6.07, 6.45) is 0.800. The summed E-state index contributed by atoms with van der Waals surface area (Å²) in [6, 6.07) is 0.352. The Kier molecular flexibility index (Phi) is 4.95. The van der Waals surface area contributed by atoms with Crippen LogP contribution in [0.3, 0.4) is 0 Å². The van der Waals surface area contributed by atoms with Crippen molar-refractivity contribution in [3.05, 3.63) is 0 Å². The van der Waals surface area contributed by atoms with Crippen molar-refractivity contribution < 1.29 is 9.84 Å². The van der Waals surface area contributed by atoms with E-state index < -0.39 is 0 Å². The summed E-state index contributed by atoms with van der Waals surface area (Å²) in [7, 11) is 1.96. The third-order valence-electron chi connectivity index (χ3n) is 3.13. The van der Waals surface area contributed by atoms with Crippen molar-refractivity contribution in [1.82, 2.24) is 10.2 Å². The van der Waals surface area contributed by atoms with Crippen LogP contribution in [0, 0.1) is 0 Å². The number of nitrogens with zero attached hydrogens (tertiary/aromatic N) is 1. The second-order valence-electron chi connectivity index (χ2n) is 6.29. The topological polar surface area (TPSA) is 44.7 Å². The molecule has 0 amide bonds. The lowest BCUT2D eigenvalue weighted by Gasteiger charge is -2.48. The van der Waals surface area contributed by atoms with E-state index in [1.807, 2.05) is 7.05 Å². The highest BCUT2D eigenvalue weighted by Gasteiger charge is 2.38. The van der Waals surface area contributed by atoms with Gasteiger partial charge >= 0.3 is 0 Å². The Morgan fingerprint density at radius 3 is 2.18 bits per heavy atom. The summed E-state index contributed by atoms with van der Waals surface area (Å²) in [5, 5.41) is 12.3. The van der Waals surface area contributed by atoms with Crippen LogP contribution in [-0.2, 0) is 4.74 Å². The fourth-order valence-electron chi connectivity index (χ4n) is 2.87. The highest BCUT2D eigenvalue weighted by atomic mass is 16.5. The van der Waals surface area contributed by atoms with Crippen molar-refractivity contribution in [3.63, 3.8) is 0 Å². The summed E-state index contributed by atoms with van der Waals surface area (Å²) in [5.74, 6) is 0. The monoisotopic (exact) mass is 244 g/mol. The van der Waals surface area contributed by atoms with Gasteiger partial charge in [-0.3, -0.25) is 4.90 Å². The minimum absolute atomic E-state index is 0.0980. The van der Waals surface area contributed by atoms with Crippen LogP contribution in [0.25, 0.3) is 0 Å². The number of aliphatic hydroxyl groups excluding tert-OH is 1. The van der Waals surface area contributed by atoms with Gasteiger partial charge in [0.25, 0.3) is 0 Å². The number of hydrogen-bond donors (Lipinski definition) is 2. The van der Waals surface area contributed by atoms with Crippen LogP contribution >= 0.6 is 0 Å². The highest BCUT2D eigenvalue weighted by Crippen LogP contribution is 2.28. The summed E-state index contributed by atoms with van der Waals surface area (Å²) in [5.41, 5.74) is -0.196. The second-order valence-corrected chi connectivity index (χ2v) is 6.29. The molecule has 0 aromatic heterocycles. The van der Waals surface area contributed by atoms with Gasteiger partial charge in [0.15, 0.2) is 0 Å². The Balaban J connectivity index is 2.58. The van der Waals surface area contributed by atoms with Gasteiger partial charge in [0.2, 0.25) is 0 Å². The number of ether oxygens (including phenoxy) is 1. The van der Waals surface area contributed by atoms with Gasteiger partial charge in [-0.25, -0.2) is 0 Å². The van der Waals surface area contributed by atoms with Gasteiger partial charge in [-0.2, -0.15) is 0 Å². The summed E-state index contributed by atoms with van der Waals surface area (Å²) >= 11 is 0. The molecule has 0 radical (unpaired) electrons. The number of hydrogen-bond acceptors (Lipinski definition) is 4. The maximum Gasteiger partial charge on any atom is 0.0760 e. The van der Waals surface area contributed by atoms with Crippen LogP contribution in [0.4, 0.5) is 0 Å². The number of nitrogens with one attached hydrogen (secondary N) is 1. The van der Waals surface area contributed by atoms with Gasteiger partial charge in [-0.15, -0.1) is 0 Å². The van der Waals surface area contributed by atoms with E-state index in [2.05, 4.69) is 37.9 Å². The molecule has 1 aliphatic heterocycles. The van der Waals surface area contributed by atoms with Gasteiger partial charge in [0.1, 0.15) is 0 Å². The Morgan fingerprint density at radius 2 is 1.76 bits per heavy atom. The van der Waals surface area contributed by atoms with E-state index in [1.54, 1.807) is 0 Å². The van der Waals surface area contributed by atoms with Crippen LogP contribution in [-0.4, -0.2) is 60.5 Å². The average molecular weight is 244 g/mol. The Morgan fingerprint density at radius 1 is 1.24 bits per heavy atom. The molecule has 2 N–H and O–H groups in total. The van der Waals surface area contributed by atoms with Crippen LogP contribution in [0.15, 0.2) is 0 Å². The molecule has 102 valence electrons. The van der Waals surface area contributed by atoms with E-state index in [1.165, 1.54) is 0 Å². The smallest absolute Gasteiger partial charge is 0.0760 e. The van der Waals surface area contributed by atoms with Crippen molar-refractivity contribution in [2.45, 2.75) is 51.4 Å². The molecule has 1 unspecified atom stereocenters. The molecule has 4 nitrogen and oxygen atoms in total. The van der Waals surface area contributed by atoms with Gasteiger partial charge < -0.3 is 15.2 Å². The molecule has 0 aliphatic carbocycles. The van der Waals surface area contributed by atoms with Crippen molar-refractivity contribution in [2.75, 3.05) is 33.3 Å². The summed E-state index contributed by atoms with van der Waals surface area (Å²) in [4.78, 5) is 2.43. The van der Waals surface area contributed by atoms with Crippen LogP contribution < -0.4 is 5.32 Å². The van der Waals surface area contributed by atoms with Gasteiger partial charge in [0, 0.05) is 32.3 Å². The Labute approximate surface area is 105 Å². The molecule has 0 bridgehead atoms. The highest BCUT2D eigenvalue weighted by molar-refractivity contribution is 4.90. The zero-order valence-electron chi connectivity index (χ0n) is 11.9. The van der Waals surface area contributed by atoms with Gasteiger partial charge in [0.05, 0.1) is 11.2 Å². The quantitative estimate of drug-likeness (QED) is 0.752. The molecule has 0 saturated carbocycles. The van der Waals surface area contributed by atoms with Crippen molar-refractivity contribution in [3.8, 4) is 0 Å². The van der Waals surface area contributed by atoms with E-state index >= 15 is 0 Å². The Bertz CT molecular complexity index is 226. The minimum atomic E-state index is -0.0980.